The molecule has 0 saturated heterocycles. The summed E-state index contributed by atoms with van der Waals surface area (Å²) in [6, 6.07) is 13.8. The van der Waals surface area contributed by atoms with Crippen molar-refractivity contribution < 1.29 is 23.8 Å². The minimum absolute atomic E-state index is 0.231. The fraction of sp³-hybridized carbons (Fsp3) is 0.160. The van der Waals surface area contributed by atoms with Gasteiger partial charge in [-0.25, -0.2) is 9.59 Å². The van der Waals surface area contributed by atoms with Gasteiger partial charge in [-0.2, -0.15) is 0 Å². The number of ether oxygens (including phenoxy) is 3. The van der Waals surface area contributed by atoms with Crippen molar-refractivity contribution in [2.45, 2.75) is 13.8 Å². The Kier molecular flexibility index (Phi) is 6.33. The summed E-state index contributed by atoms with van der Waals surface area (Å²) < 4.78 is 18.0. The van der Waals surface area contributed by atoms with E-state index in [-0.39, 0.29) is 6.61 Å². The minimum Gasteiger partial charge on any atom is -0.495 e. The van der Waals surface area contributed by atoms with Crippen LogP contribution in [0.2, 0.25) is 5.02 Å². The fourth-order valence-corrected chi connectivity index (χ4v) is 3.95. The highest BCUT2D eigenvalue weighted by Crippen LogP contribution is 2.35. The van der Waals surface area contributed by atoms with Crippen molar-refractivity contribution in [2.75, 3.05) is 13.7 Å². The Morgan fingerprint density at radius 3 is 2.58 bits per heavy atom. The van der Waals surface area contributed by atoms with Gasteiger partial charge in [0.2, 0.25) is 0 Å². The molecule has 0 aliphatic carbocycles. The third kappa shape index (κ3) is 4.27. The first kappa shape index (κ1) is 22.4. The van der Waals surface area contributed by atoms with E-state index < -0.39 is 11.9 Å². The molecule has 0 fully saturated rings. The molecule has 2 aromatic heterocycles. The summed E-state index contributed by atoms with van der Waals surface area (Å²) in [5, 5.41) is 1.03. The average molecular weight is 465 g/mol. The fourth-order valence-electron chi connectivity index (χ4n) is 3.70. The summed E-state index contributed by atoms with van der Waals surface area (Å²) in [6.07, 6.45) is 3.00. The lowest BCUT2D eigenvalue weighted by Crippen LogP contribution is -2.09. The van der Waals surface area contributed by atoms with Crippen LogP contribution < -0.4 is 9.47 Å². The number of fused-ring (bicyclic) bond motifs is 1. The molecule has 168 valence electrons. The first-order valence-electron chi connectivity index (χ1n) is 10.2. The van der Waals surface area contributed by atoms with Gasteiger partial charge in [-0.3, -0.25) is 4.98 Å². The molecule has 33 heavy (non-hydrogen) atoms. The predicted molar refractivity (Wildman–Crippen MR) is 125 cm³/mol. The monoisotopic (exact) mass is 464 g/mol. The van der Waals surface area contributed by atoms with Gasteiger partial charge in [0.05, 0.1) is 35.4 Å². The Balaban J connectivity index is 1.84. The Labute approximate surface area is 195 Å². The van der Waals surface area contributed by atoms with Crippen molar-refractivity contribution in [3.63, 3.8) is 0 Å². The van der Waals surface area contributed by atoms with E-state index in [1.165, 1.54) is 6.20 Å². The summed E-state index contributed by atoms with van der Waals surface area (Å²) in [7, 11) is 1.55. The molecule has 0 aliphatic heterocycles. The second-order valence-corrected chi connectivity index (χ2v) is 7.55. The normalized spacial score (nSPS) is 10.8. The van der Waals surface area contributed by atoms with Gasteiger partial charge in [-0.15, -0.1) is 0 Å². The Bertz CT molecular complexity index is 1350. The molecule has 0 aliphatic rings. The van der Waals surface area contributed by atoms with Crippen LogP contribution in [-0.2, 0) is 4.74 Å². The van der Waals surface area contributed by atoms with E-state index in [4.69, 9.17) is 25.8 Å². The zero-order chi connectivity index (χ0) is 23.5. The highest BCUT2D eigenvalue weighted by atomic mass is 35.5. The molecule has 0 amide bonds. The number of benzene rings is 2. The van der Waals surface area contributed by atoms with Crippen molar-refractivity contribution in [3.05, 3.63) is 82.8 Å². The molecule has 7 nitrogen and oxygen atoms in total. The molecule has 0 atom stereocenters. The zero-order valence-electron chi connectivity index (χ0n) is 18.3. The first-order chi connectivity index (χ1) is 15.9. The van der Waals surface area contributed by atoms with Crippen LogP contribution in [0.1, 0.15) is 33.3 Å². The van der Waals surface area contributed by atoms with Crippen LogP contribution in [0.25, 0.3) is 16.6 Å². The number of aromatic nitrogens is 2. The number of rotatable bonds is 6. The summed E-state index contributed by atoms with van der Waals surface area (Å²) in [5.74, 6) is -0.163. The maximum absolute atomic E-state index is 12.8. The molecule has 0 saturated carbocycles. The van der Waals surface area contributed by atoms with E-state index in [0.29, 0.717) is 38.7 Å². The highest BCUT2D eigenvalue weighted by molar-refractivity contribution is 6.32. The summed E-state index contributed by atoms with van der Waals surface area (Å²) in [4.78, 5) is 29.3. The Morgan fingerprint density at radius 2 is 1.91 bits per heavy atom. The lowest BCUT2D eigenvalue weighted by Gasteiger charge is -2.11. The summed E-state index contributed by atoms with van der Waals surface area (Å²) in [5.41, 5.74) is 2.86. The topological polar surface area (TPSA) is 79.6 Å². The number of carbonyl (C=O) groups excluding carboxylic acids is 2. The van der Waals surface area contributed by atoms with Gasteiger partial charge in [-0.05, 0) is 62.4 Å². The van der Waals surface area contributed by atoms with Crippen LogP contribution in [0.15, 0.2) is 60.9 Å². The molecule has 0 unspecified atom stereocenters. The van der Waals surface area contributed by atoms with Gasteiger partial charge < -0.3 is 18.8 Å². The molecular weight excluding hydrogens is 444 g/mol. The van der Waals surface area contributed by atoms with Crippen LogP contribution >= 0.6 is 11.6 Å². The van der Waals surface area contributed by atoms with E-state index in [1.54, 1.807) is 62.7 Å². The minimum atomic E-state index is -0.543. The number of hydrogen-bond acceptors (Lipinski definition) is 6. The number of nitrogens with zero attached hydrogens (tertiary/aromatic N) is 2. The third-order valence-corrected chi connectivity index (χ3v) is 5.45. The quantitative estimate of drug-likeness (QED) is 0.281. The van der Waals surface area contributed by atoms with Crippen molar-refractivity contribution in [1.29, 1.82) is 0 Å². The number of hydrogen-bond donors (Lipinski definition) is 0. The number of pyridine rings is 1. The molecule has 0 N–H and O–H groups in total. The van der Waals surface area contributed by atoms with Gasteiger partial charge in [0, 0.05) is 29.2 Å². The second kappa shape index (κ2) is 9.34. The molecule has 0 spiro atoms. The standard InChI is InChI=1S/C25H21ClN2O5/c1-4-32-25(30)23-15(2)28(17-7-10-22(31-3)20(26)12-17)21-9-8-18(13-19(21)23)33-24(29)16-6-5-11-27-14-16/h5-14H,4H2,1-3H3. The van der Waals surface area contributed by atoms with E-state index in [9.17, 15) is 9.59 Å². The van der Waals surface area contributed by atoms with Gasteiger partial charge in [0.15, 0.2) is 0 Å². The zero-order valence-corrected chi connectivity index (χ0v) is 19.1. The van der Waals surface area contributed by atoms with Crippen LogP contribution in [0.4, 0.5) is 0 Å². The predicted octanol–water partition coefficient (Wildman–Crippen LogP) is 5.39. The second-order valence-electron chi connectivity index (χ2n) is 7.15. The number of halogens is 1. The molecular formula is C25H21ClN2O5. The van der Waals surface area contributed by atoms with Crippen molar-refractivity contribution >= 4 is 34.4 Å². The van der Waals surface area contributed by atoms with Gasteiger partial charge in [0.25, 0.3) is 0 Å². The summed E-state index contributed by atoms with van der Waals surface area (Å²) >= 11 is 6.35. The maximum Gasteiger partial charge on any atom is 0.345 e. The highest BCUT2D eigenvalue weighted by Gasteiger charge is 2.23. The molecule has 0 radical (unpaired) electrons. The largest absolute Gasteiger partial charge is 0.495 e. The van der Waals surface area contributed by atoms with E-state index >= 15 is 0 Å². The molecule has 8 heteroatoms. The lowest BCUT2D eigenvalue weighted by molar-refractivity contribution is 0.0527. The van der Waals surface area contributed by atoms with Crippen LogP contribution in [0.3, 0.4) is 0 Å². The lowest BCUT2D eigenvalue weighted by atomic mass is 10.1. The van der Waals surface area contributed by atoms with E-state index in [1.807, 2.05) is 17.6 Å². The Hall–Kier alpha value is -3.84. The van der Waals surface area contributed by atoms with Crippen molar-refractivity contribution in [3.8, 4) is 17.2 Å². The first-order valence-corrected chi connectivity index (χ1v) is 10.6. The maximum atomic E-state index is 12.8. The van der Waals surface area contributed by atoms with Crippen LogP contribution in [0, 0.1) is 6.92 Å². The number of methoxy groups -OCH3 is 1. The van der Waals surface area contributed by atoms with Crippen LogP contribution in [-0.4, -0.2) is 35.2 Å². The van der Waals surface area contributed by atoms with Gasteiger partial charge in [-0.1, -0.05) is 11.6 Å². The molecule has 4 rings (SSSR count). The van der Waals surface area contributed by atoms with Gasteiger partial charge >= 0.3 is 11.9 Å². The average Bonchev–Trinajstić information content (AvgIpc) is 3.10. The number of esters is 2. The van der Waals surface area contributed by atoms with E-state index in [0.717, 1.165) is 11.2 Å². The molecule has 2 heterocycles. The smallest absolute Gasteiger partial charge is 0.345 e. The van der Waals surface area contributed by atoms with E-state index in [2.05, 4.69) is 4.98 Å². The van der Waals surface area contributed by atoms with Crippen molar-refractivity contribution in [2.24, 2.45) is 0 Å². The van der Waals surface area contributed by atoms with Crippen molar-refractivity contribution in [1.82, 2.24) is 9.55 Å². The van der Waals surface area contributed by atoms with Gasteiger partial charge in [0.1, 0.15) is 11.5 Å². The number of carbonyl (C=O) groups is 2. The van der Waals surface area contributed by atoms with Crippen LogP contribution in [0.5, 0.6) is 11.5 Å². The SMILES string of the molecule is CCOC(=O)c1c(C)n(-c2ccc(OC)c(Cl)c2)c2ccc(OC(=O)c3cccnc3)cc12. The molecule has 4 aromatic rings. The summed E-state index contributed by atoms with van der Waals surface area (Å²) in [6.45, 7) is 3.80. The molecule has 2 aromatic carbocycles. The third-order valence-electron chi connectivity index (χ3n) is 5.16. The molecule has 0 bridgehead atoms. The Morgan fingerprint density at radius 1 is 1.09 bits per heavy atom.